The lowest BCUT2D eigenvalue weighted by atomic mass is 9.97. The van der Waals surface area contributed by atoms with E-state index in [1.807, 2.05) is 0 Å². The van der Waals surface area contributed by atoms with Gasteiger partial charge in [0.1, 0.15) is 23.6 Å². The Morgan fingerprint density at radius 3 is 2.82 bits per heavy atom. The van der Waals surface area contributed by atoms with E-state index in [-0.39, 0.29) is 46.6 Å². The number of amides is 3. The quantitative estimate of drug-likeness (QED) is 0.603. The molecule has 3 aliphatic rings. The van der Waals surface area contributed by atoms with E-state index in [1.54, 1.807) is 0 Å². The predicted octanol–water partition coefficient (Wildman–Crippen LogP) is 2.59. The highest BCUT2D eigenvalue weighted by Crippen LogP contribution is 2.65. The number of nitrogens with one attached hydrogen (secondary N) is 3. The molecule has 34 heavy (non-hydrogen) atoms. The van der Waals surface area contributed by atoms with E-state index in [2.05, 4.69) is 35.5 Å². The van der Waals surface area contributed by atoms with Gasteiger partial charge in [-0.15, -0.1) is 0 Å². The molecule has 0 radical (unpaired) electrons. The van der Waals surface area contributed by atoms with Crippen LogP contribution in [-0.4, -0.2) is 52.8 Å². The maximum atomic E-state index is 14.2. The number of aromatic nitrogens is 1. The van der Waals surface area contributed by atoms with E-state index in [4.69, 9.17) is 11.6 Å². The largest absolute Gasteiger partial charge is 0.356 e. The van der Waals surface area contributed by atoms with Gasteiger partial charge in [-0.2, -0.15) is 5.26 Å². The number of nitriles is 1. The van der Waals surface area contributed by atoms with Gasteiger partial charge in [-0.3, -0.25) is 14.4 Å². The normalized spacial score (nSPS) is 27.7. The molecule has 1 aromatic carbocycles. The summed E-state index contributed by atoms with van der Waals surface area (Å²) in [5.74, 6) is -1.65. The van der Waals surface area contributed by atoms with Gasteiger partial charge in [-0.25, -0.2) is 4.39 Å². The van der Waals surface area contributed by atoms with Crippen LogP contribution in [0.4, 0.5) is 4.39 Å². The van der Waals surface area contributed by atoms with Crippen molar-refractivity contribution < 1.29 is 18.8 Å². The lowest BCUT2D eigenvalue weighted by molar-refractivity contribution is -0.127. The van der Waals surface area contributed by atoms with Crippen molar-refractivity contribution in [2.24, 2.45) is 23.2 Å². The zero-order chi connectivity index (χ0) is 24.4. The third kappa shape index (κ3) is 3.52. The molecule has 2 aromatic rings. The van der Waals surface area contributed by atoms with Crippen LogP contribution in [0.1, 0.15) is 37.2 Å². The van der Waals surface area contributed by atoms with E-state index in [1.165, 1.54) is 23.1 Å². The molecule has 178 valence electrons. The van der Waals surface area contributed by atoms with Crippen molar-refractivity contribution in [3.8, 4) is 6.07 Å². The highest BCUT2D eigenvalue weighted by Gasteiger charge is 2.69. The molecule has 1 aliphatic carbocycles. The first-order valence-electron chi connectivity index (χ1n) is 11.4. The Hall–Kier alpha value is -3.12. The van der Waals surface area contributed by atoms with Crippen LogP contribution >= 0.6 is 11.6 Å². The van der Waals surface area contributed by atoms with Gasteiger partial charge in [-0.05, 0) is 48.3 Å². The molecule has 0 unspecified atom stereocenters. The Morgan fingerprint density at radius 2 is 2.18 bits per heavy atom. The van der Waals surface area contributed by atoms with Crippen LogP contribution in [0.15, 0.2) is 18.2 Å². The number of halogens is 2. The average Bonchev–Trinajstić information content (AvgIpc) is 3.32. The SMILES string of the molecule is CC1(C)[C@@H]2[C@@H](C(=O)N[C@H](C#N)C[C@@H]3CCNC3=O)N(C(=O)c3cc4c(F)ccc(Cl)c4[nH]3)C[C@@H]21. The zero-order valence-electron chi connectivity index (χ0n) is 18.8. The van der Waals surface area contributed by atoms with Crippen molar-refractivity contribution in [1.82, 2.24) is 20.5 Å². The molecular formula is C24H25ClFN5O3. The molecule has 10 heteroatoms. The fourth-order valence-electron chi connectivity index (χ4n) is 5.77. The van der Waals surface area contributed by atoms with Gasteiger partial charge in [-0.1, -0.05) is 25.4 Å². The Balaban J connectivity index is 1.38. The molecule has 1 aromatic heterocycles. The first-order chi connectivity index (χ1) is 16.1. The maximum Gasteiger partial charge on any atom is 0.271 e. The van der Waals surface area contributed by atoms with E-state index in [0.717, 1.165) is 0 Å². The molecule has 3 N–H and O–H groups in total. The van der Waals surface area contributed by atoms with Crippen LogP contribution in [0, 0.1) is 40.3 Å². The number of piperidine rings is 1. The number of hydrogen-bond acceptors (Lipinski definition) is 4. The predicted molar refractivity (Wildman–Crippen MR) is 122 cm³/mol. The summed E-state index contributed by atoms with van der Waals surface area (Å²) in [6.45, 7) is 5.08. The first-order valence-corrected chi connectivity index (χ1v) is 11.8. The molecule has 0 bridgehead atoms. The van der Waals surface area contributed by atoms with Crippen molar-refractivity contribution in [2.45, 2.75) is 38.8 Å². The number of likely N-dealkylation sites (tertiary alicyclic amines) is 1. The van der Waals surface area contributed by atoms with Crippen LogP contribution in [0.2, 0.25) is 5.02 Å². The van der Waals surface area contributed by atoms with Gasteiger partial charge in [0, 0.05) is 24.4 Å². The van der Waals surface area contributed by atoms with E-state index in [0.29, 0.717) is 30.0 Å². The fraction of sp³-hybridized carbons (Fsp3) is 0.500. The van der Waals surface area contributed by atoms with Gasteiger partial charge in [0.05, 0.1) is 16.6 Å². The standard InChI is InChI=1S/C24H25ClFN5O3/c1-24(2)14-10-31(23(34)17-8-13-16(26)4-3-15(25)19(13)30-17)20(18(14)24)22(33)29-12(9-27)7-11-5-6-28-21(11)32/h3-4,8,11-12,14,18,20,30H,5-7,10H2,1-2H3,(H,28,32)(H,29,33)/t11-,12-,14-,18-,20-/m0/s1. The summed E-state index contributed by atoms with van der Waals surface area (Å²) in [6, 6.07) is 4.56. The summed E-state index contributed by atoms with van der Waals surface area (Å²) in [5, 5.41) is 15.6. The molecule has 3 amide bonds. The number of aromatic amines is 1. The second-order valence-corrected chi connectivity index (χ2v) is 10.5. The van der Waals surface area contributed by atoms with Crippen LogP contribution in [0.25, 0.3) is 10.9 Å². The van der Waals surface area contributed by atoms with Crippen molar-refractivity contribution >= 4 is 40.2 Å². The molecule has 2 aliphatic heterocycles. The summed E-state index contributed by atoms with van der Waals surface area (Å²) in [5.41, 5.74) is 0.371. The van der Waals surface area contributed by atoms with Crippen molar-refractivity contribution in [2.75, 3.05) is 13.1 Å². The van der Waals surface area contributed by atoms with Gasteiger partial charge >= 0.3 is 0 Å². The number of carbonyl (C=O) groups excluding carboxylic acids is 3. The average molecular weight is 486 g/mol. The van der Waals surface area contributed by atoms with Gasteiger partial charge in [0.15, 0.2) is 0 Å². The summed E-state index contributed by atoms with van der Waals surface area (Å²) in [4.78, 5) is 43.1. The minimum absolute atomic E-state index is 0.0460. The van der Waals surface area contributed by atoms with Crippen molar-refractivity contribution in [3.05, 3.63) is 34.7 Å². The van der Waals surface area contributed by atoms with Crippen LogP contribution in [0.5, 0.6) is 0 Å². The summed E-state index contributed by atoms with van der Waals surface area (Å²) < 4.78 is 14.2. The minimum Gasteiger partial charge on any atom is -0.356 e. The Morgan fingerprint density at radius 1 is 1.41 bits per heavy atom. The molecular weight excluding hydrogens is 461 g/mol. The molecule has 0 spiro atoms. The van der Waals surface area contributed by atoms with Gasteiger partial charge < -0.3 is 20.5 Å². The first kappa shape index (κ1) is 22.7. The zero-order valence-corrected chi connectivity index (χ0v) is 19.6. The Labute approximate surface area is 200 Å². The van der Waals surface area contributed by atoms with Crippen molar-refractivity contribution in [3.63, 3.8) is 0 Å². The second-order valence-electron chi connectivity index (χ2n) is 10.1. The molecule has 5 atom stereocenters. The topological polar surface area (TPSA) is 118 Å². The number of rotatable bonds is 5. The van der Waals surface area contributed by atoms with Gasteiger partial charge in [0.2, 0.25) is 11.8 Å². The molecule has 3 heterocycles. The molecule has 3 fully saturated rings. The van der Waals surface area contributed by atoms with E-state index < -0.39 is 29.7 Å². The number of fused-ring (bicyclic) bond motifs is 2. The monoisotopic (exact) mass is 485 g/mol. The third-order valence-corrected chi connectivity index (χ3v) is 8.13. The van der Waals surface area contributed by atoms with Crippen LogP contribution < -0.4 is 10.6 Å². The molecule has 1 saturated carbocycles. The fourth-order valence-corrected chi connectivity index (χ4v) is 5.98. The molecule has 5 rings (SSSR count). The number of benzene rings is 1. The maximum absolute atomic E-state index is 14.2. The molecule has 2 saturated heterocycles. The Kier molecular flexibility index (Phi) is 5.32. The number of carbonyl (C=O) groups is 3. The number of nitrogens with zero attached hydrogens (tertiary/aromatic N) is 2. The summed E-state index contributed by atoms with van der Waals surface area (Å²) in [6.07, 6.45) is 0.851. The number of H-pyrrole nitrogens is 1. The van der Waals surface area contributed by atoms with E-state index in [9.17, 15) is 24.0 Å². The molecule has 8 nitrogen and oxygen atoms in total. The smallest absolute Gasteiger partial charge is 0.271 e. The summed E-state index contributed by atoms with van der Waals surface area (Å²) in [7, 11) is 0. The minimum atomic E-state index is -0.833. The van der Waals surface area contributed by atoms with Crippen LogP contribution in [0.3, 0.4) is 0 Å². The van der Waals surface area contributed by atoms with E-state index >= 15 is 0 Å². The lowest BCUT2D eigenvalue weighted by Crippen LogP contribution is -2.52. The van der Waals surface area contributed by atoms with Crippen molar-refractivity contribution in [1.29, 1.82) is 5.26 Å². The Bertz CT molecular complexity index is 1210. The number of hydrogen-bond donors (Lipinski definition) is 3. The lowest BCUT2D eigenvalue weighted by Gasteiger charge is -2.30. The highest BCUT2D eigenvalue weighted by atomic mass is 35.5. The third-order valence-electron chi connectivity index (χ3n) is 7.81. The summed E-state index contributed by atoms with van der Waals surface area (Å²) >= 11 is 6.16. The van der Waals surface area contributed by atoms with Crippen LogP contribution in [-0.2, 0) is 9.59 Å². The highest BCUT2D eigenvalue weighted by molar-refractivity contribution is 6.35. The second kappa shape index (κ2) is 7.98. The van der Waals surface area contributed by atoms with Gasteiger partial charge in [0.25, 0.3) is 5.91 Å².